The van der Waals surface area contributed by atoms with Crippen LogP contribution in [0, 0.1) is 24.0 Å². The lowest BCUT2D eigenvalue weighted by atomic mass is 10.2. The molecular formula is C16H18BrN5O3. The van der Waals surface area contributed by atoms with E-state index in [0.717, 1.165) is 10.0 Å². The molecule has 2 aromatic rings. The molecule has 9 heteroatoms. The summed E-state index contributed by atoms with van der Waals surface area (Å²) in [4.78, 5) is 26.7. The minimum Gasteiger partial charge on any atom is -0.353 e. The molecule has 0 spiro atoms. The number of nitrogens with zero attached hydrogens (tertiary/aromatic N) is 4. The largest absolute Gasteiger partial charge is 0.353 e. The molecule has 0 radical (unpaired) electrons. The number of aromatic nitrogens is 2. The summed E-state index contributed by atoms with van der Waals surface area (Å²) in [6.07, 6.45) is 1.74. The summed E-state index contributed by atoms with van der Waals surface area (Å²) < 4.78 is 2.32. The van der Waals surface area contributed by atoms with Crippen molar-refractivity contribution in [1.29, 1.82) is 0 Å². The van der Waals surface area contributed by atoms with E-state index in [0.29, 0.717) is 24.5 Å². The number of nitrogens with one attached hydrogen (secondary N) is 1. The maximum Gasteiger partial charge on any atom is 0.312 e. The van der Waals surface area contributed by atoms with Crippen LogP contribution in [0.4, 0.5) is 5.69 Å². The highest BCUT2D eigenvalue weighted by molar-refractivity contribution is 9.10. The van der Waals surface area contributed by atoms with Gasteiger partial charge in [0.2, 0.25) is 5.91 Å². The van der Waals surface area contributed by atoms with E-state index in [1.54, 1.807) is 20.1 Å². The Morgan fingerprint density at radius 3 is 2.88 bits per heavy atom. The number of amides is 1. The zero-order chi connectivity index (χ0) is 18.4. The van der Waals surface area contributed by atoms with Gasteiger partial charge in [-0.25, -0.2) is 0 Å². The van der Waals surface area contributed by atoms with Crippen molar-refractivity contribution in [2.24, 2.45) is 4.99 Å². The van der Waals surface area contributed by atoms with Crippen molar-refractivity contribution < 1.29 is 9.72 Å². The molecule has 25 heavy (non-hydrogen) atoms. The molecular weight excluding hydrogens is 390 g/mol. The molecule has 0 aliphatic carbocycles. The second-order valence-corrected chi connectivity index (χ2v) is 6.29. The second kappa shape index (κ2) is 8.52. The van der Waals surface area contributed by atoms with E-state index < -0.39 is 4.92 Å². The molecule has 0 aliphatic heterocycles. The summed E-state index contributed by atoms with van der Waals surface area (Å²) >= 11 is 3.39. The maximum absolute atomic E-state index is 11.9. The first-order valence-electron chi connectivity index (χ1n) is 7.59. The van der Waals surface area contributed by atoms with Crippen molar-refractivity contribution in [2.75, 3.05) is 13.1 Å². The van der Waals surface area contributed by atoms with E-state index in [4.69, 9.17) is 0 Å². The van der Waals surface area contributed by atoms with Crippen LogP contribution in [0.5, 0.6) is 0 Å². The first kappa shape index (κ1) is 18.8. The molecule has 0 saturated carbocycles. The average molecular weight is 408 g/mol. The Labute approximate surface area is 153 Å². The number of nitro groups is 1. The number of hydrogen-bond acceptors (Lipinski definition) is 5. The fraction of sp³-hybridized carbons (Fsp3) is 0.312. The van der Waals surface area contributed by atoms with Gasteiger partial charge >= 0.3 is 5.69 Å². The lowest BCUT2D eigenvalue weighted by Gasteiger charge is -2.05. The van der Waals surface area contributed by atoms with Crippen LogP contribution < -0.4 is 5.32 Å². The van der Waals surface area contributed by atoms with Crippen LogP contribution in [0.2, 0.25) is 0 Å². The smallest absolute Gasteiger partial charge is 0.312 e. The third-order valence-corrected chi connectivity index (χ3v) is 3.96. The van der Waals surface area contributed by atoms with Gasteiger partial charge in [-0.3, -0.25) is 24.6 Å². The number of hydrogen-bond donors (Lipinski definition) is 1. The van der Waals surface area contributed by atoms with Crippen LogP contribution in [-0.2, 0) is 11.3 Å². The third-order valence-electron chi connectivity index (χ3n) is 3.47. The van der Waals surface area contributed by atoms with Crippen LogP contribution in [0.15, 0.2) is 33.7 Å². The highest BCUT2D eigenvalue weighted by Crippen LogP contribution is 2.21. The molecule has 8 nitrogen and oxygen atoms in total. The average Bonchev–Trinajstić information content (AvgIpc) is 2.81. The summed E-state index contributed by atoms with van der Waals surface area (Å²) in [5.41, 5.74) is 1.58. The first-order chi connectivity index (χ1) is 11.9. The highest BCUT2D eigenvalue weighted by atomic mass is 79.9. The number of aryl methyl sites for hydroxylation is 1. The Morgan fingerprint density at radius 1 is 1.48 bits per heavy atom. The standard InChI is InChI=1S/C16H18BrN5O3/c1-11-16(22(24)25)12(2)21(20-11)10-15(23)19-7-6-18-9-13-4-3-5-14(17)8-13/h3-5,8-9H,6-7,10H2,1-2H3,(H,19,23). The van der Waals surface area contributed by atoms with Gasteiger partial charge in [-0.1, -0.05) is 28.1 Å². The summed E-state index contributed by atoms with van der Waals surface area (Å²) in [7, 11) is 0. The topological polar surface area (TPSA) is 102 Å². The van der Waals surface area contributed by atoms with E-state index in [9.17, 15) is 14.9 Å². The van der Waals surface area contributed by atoms with Crippen LogP contribution >= 0.6 is 15.9 Å². The number of aliphatic imine (C=N–C) groups is 1. The predicted octanol–water partition coefficient (Wildman–Crippen LogP) is 2.41. The van der Waals surface area contributed by atoms with Gasteiger partial charge in [-0.2, -0.15) is 5.10 Å². The minimum absolute atomic E-state index is 0.0496. The van der Waals surface area contributed by atoms with Gasteiger partial charge in [0, 0.05) is 17.2 Å². The molecule has 0 unspecified atom stereocenters. The summed E-state index contributed by atoms with van der Waals surface area (Å²) in [5.74, 6) is -0.266. The molecule has 0 fully saturated rings. The molecule has 1 aromatic carbocycles. The molecule has 132 valence electrons. The second-order valence-electron chi connectivity index (χ2n) is 5.37. The van der Waals surface area contributed by atoms with E-state index in [-0.39, 0.29) is 18.1 Å². The van der Waals surface area contributed by atoms with Gasteiger partial charge in [-0.15, -0.1) is 0 Å². The fourth-order valence-electron chi connectivity index (χ4n) is 2.31. The van der Waals surface area contributed by atoms with Crippen molar-refractivity contribution in [3.05, 3.63) is 55.8 Å². The zero-order valence-corrected chi connectivity index (χ0v) is 15.5. The Morgan fingerprint density at radius 2 is 2.24 bits per heavy atom. The molecule has 1 aromatic heterocycles. The Balaban J connectivity index is 1.81. The van der Waals surface area contributed by atoms with E-state index in [2.05, 4.69) is 31.3 Å². The monoisotopic (exact) mass is 407 g/mol. The van der Waals surface area contributed by atoms with Gasteiger partial charge in [0.15, 0.2) is 0 Å². The third kappa shape index (κ3) is 5.21. The fourth-order valence-corrected chi connectivity index (χ4v) is 2.73. The molecule has 0 bridgehead atoms. The van der Waals surface area contributed by atoms with Crippen molar-refractivity contribution in [1.82, 2.24) is 15.1 Å². The van der Waals surface area contributed by atoms with E-state index in [1.165, 1.54) is 4.68 Å². The van der Waals surface area contributed by atoms with Crippen molar-refractivity contribution in [2.45, 2.75) is 20.4 Å². The minimum atomic E-state index is -0.483. The highest BCUT2D eigenvalue weighted by Gasteiger charge is 2.22. The number of rotatable bonds is 7. The SMILES string of the molecule is Cc1nn(CC(=O)NCCN=Cc2cccc(Br)c2)c(C)c1[N+](=O)[O-]. The molecule has 0 aliphatic rings. The Bertz CT molecular complexity index is 816. The number of carbonyl (C=O) groups is 1. The molecule has 2 rings (SSSR count). The van der Waals surface area contributed by atoms with Crippen LogP contribution in [-0.4, -0.2) is 39.9 Å². The molecule has 1 heterocycles. The van der Waals surface area contributed by atoms with Gasteiger partial charge in [0.25, 0.3) is 0 Å². The van der Waals surface area contributed by atoms with Crippen LogP contribution in [0.25, 0.3) is 0 Å². The number of carbonyl (C=O) groups excluding carboxylic acids is 1. The van der Waals surface area contributed by atoms with Crippen molar-refractivity contribution >= 4 is 33.7 Å². The zero-order valence-electron chi connectivity index (χ0n) is 13.9. The molecule has 1 N–H and O–H groups in total. The van der Waals surface area contributed by atoms with Gasteiger partial charge in [-0.05, 0) is 31.5 Å². The Hall–Kier alpha value is -2.55. The summed E-state index contributed by atoms with van der Waals surface area (Å²) in [6.45, 7) is 3.89. The lowest BCUT2D eigenvalue weighted by Crippen LogP contribution is -2.30. The normalized spacial score (nSPS) is 11.0. The maximum atomic E-state index is 11.9. The van der Waals surface area contributed by atoms with E-state index in [1.807, 2.05) is 24.3 Å². The predicted molar refractivity (Wildman–Crippen MR) is 98.0 cm³/mol. The number of halogens is 1. The summed E-state index contributed by atoms with van der Waals surface area (Å²) in [5, 5.41) is 17.7. The lowest BCUT2D eigenvalue weighted by molar-refractivity contribution is -0.386. The summed E-state index contributed by atoms with van der Waals surface area (Å²) in [6, 6.07) is 7.72. The van der Waals surface area contributed by atoms with E-state index >= 15 is 0 Å². The first-order valence-corrected chi connectivity index (χ1v) is 8.38. The number of benzene rings is 1. The molecule has 1 amide bonds. The van der Waals surface area contributed by atoms with Crippen LogP contribution in [0.1, 0.15) is 17.0 Å². The van der Waals surface area contributed by atoms with Crippen molar-refractivity contribution in [3.8, 4) is 0 Å². The van der Waals surface area contributed by atoms with Gasteiger partial charge in [0.05, 0.1) is 11.5 Å². The molecule has 0 atom stereocenters. The van der Waals surface area contributed by atoms with Crippen LogP contribution in [0.3, 0.4) is 0 Å². The molecule has 0 saturated heterocycles. The van der Waals surface area contributed by atoms with Crippen molar-refractivity contribution in [3.63, 3.8) is 0 Å². The van der Waals surface area contributed by atoms with Gasteiger partial charge < -0.3 is 5.32 Å². The quantitative estimate of drug-likeness (QED) is 0.329. The Kier molecular flexibility index (Phi) is 6.40. The van der Waals surface area contributed by atoms with Gasteiger partial charge in [0.1, 0.15) is 17.9 Å².